The van der Waals surface area contributed by atoms with Gasteiger partial charge in [-0.05, 0) is 44.4 Å². The smallest absolute Gasteiger partial charge is 0.0451 e. The maximum absolute atomic E-state index is 6.18. The summed E-state index contributed by atoms with van der Waals surface area (Å²) in [6.45, 7) is 0.930. The predicted octanol–water partition coefficient (Wildman–Crippen LogP) is 3.04. The van der Waals surface area contributed by atoms with E-state index in [1.807, 2.05) is 18.2 Å². The quantitative estimate of drug-likeness (QED) is 0.896. The van der Waals surface area contributed by atoms with E-state index in [0.29, 0.717) is 12.1 Å². The largest absolute Gasteiger partial charge is 0.328 e. The third-order valence-corrected chi connectivity index (χ3v) is 4.11. The Morgan fingerprint density at radius 3 is 2.53 bits per heavy atom. The minimum atomic E-state index is 0.417. The van der Waals surface area contributed by atoms with Crippen molar-refractivity contribution in [2.75, 3.05) is 7.05 Å². The van der Waals surface area contributed by atoms with E-state index in [9.17, 15) is 0 Å². The van der Waals surface area contributed by atoms with Crippen molar-refractivity contribution in [3.63, 3.8) is 0 Å². The van der Waals surface area contributed by atoms with Crippen LogP contribution in [0.2, 0.25) is 5.02 Å². The van der Waals surface area contributed by atoms with E-state index < -0.39 is 0 Å². The second-order valence-electron chi connectivity index (χ2n) is 5.08. The summed E-state index contributed by atoms with van der Waals surface area (Å²) in [6, 6.07) is 9.16. The van der Waals surface area contributed by atoms with Gasteiger partial charge in [-0.1, -0.05) is 29.8 Å². The van der Waals surface area contributed by atoms with E-state index in [4.69, 9.17) is 17.3 Å². The van der Waals surface area contributed by atoms with Crippen LogP contribution in [0.1, 0.15) is 31.2 Å². The summed E-state index contributed by atoms with van der Waals surface area (Å²) >= 11 is 6.18. The lowest BCUT2D eigenvalue weighted by molar-refractivity contribution is 0.176. The van der Waals surface area contributed by atoms with Gasteiger partial charge >= 0.3 is 0 Å². The van der Waals surface area contributed by atoms with Gasteiger partial charge in [-0.2, -0.15) is 0 Å². The van der Waals surface area contributed by atoms with Gasteiger partial charge in [0.05, 0.1) is 0 Å². The molecule has 0 aliphatic heterocycles. The van der Waals surface area contributed by atoms with Crippen LogP contribution in [0.25, 0.3) is 0 Å². The molecule has 3 heteroatoms. The fourth-order valence-corrected chi connectivity index (χ4v) is 2.76. The monoisotopic (exact) mass is 252 g/mol. The lowest BCUT2D eigenvalue weighted by atomic mass is 9.91. The zero-order valence-electron chi connectivity index (χ0n) is 10.4. The Morgan fingerprint density at radius 1 is 1.24 bits per heavy atom. The van der Waals surface area contributed by atoms with E-state index in [2.05, 4.69) is 18.0 Å². The van der Waals surface area contributed by atoms with E-state index in [-0.39, 0.29) is 0 Å². The summed E-state index contributed by atoms with van der Waals surface area (Å²) in [4.78, 5) is 2.41. The second kappa shape index (κ2) is 5.85. The Hall–Kier alpha value is -0.570. The highest BCUT2D eigenvalue weighted by Crippen LogP contribution is 2.24. The van der Waals surface area contributed by atoms with Crippen molar-refractivity contribution in [1.82, 2.24) is 4.90 Å². The fourth-order valence-electron chi connectivity index (χ4n) is 2.57. The van der Waals surface area contributed by atoms with Crippen LogP contribution in [0.3, 0.4) is 0 Å². The second-order valence-corrected chi connectivity index (χ2v) is 5.48. The predicted molar refractivity (Wildman–Crippen MR) is 73.2 cm³/mol. The molecular formula is C14H21ClN2. The number of halogens is 1. The van der Waals surface area contributed by atoms with Gasteiger partial charge in [-0.25, -0.2) is 0 Å². The molecule has 2 rings (SSSR count). The van der Waals surface area contributed by atoms with Crippen LogP contribution in [0.4, 0.5) is 0 Å². The minimum absolute atomic E-state index is 0.417. The van der Waals surface area contributed by atoms with E-state index >= 15 is 0 Å². The van der Waals surface area contributed by atoms with Crippen molar-refractivity contribution in [1.29, 1.82) is 0 Å². The first-order valence-electron chi connectivity index (χ1n) is 6.36. The van der Waals surface area contributed by atoms with Gasteiger partial charge in [0.2, 0.25) is 0 Å². The van der Waals surface area contributed by atoms with Crippen LogP contribution in [0.15, 0.2) is 24.3 Å². The highest BCUT2D eigenvalue weighted by molar-refractivity contribution is 6.31. The number of rotatable bonds is 3. The number of nitrogens with two attached hydrogens (primary N) is 1. The molecule has 0 saturated heterocycles. The fraction of sp³-hybridized carbons (Fsp3) is 0.571. The molecular weight excluding hydrogens is 232 g/mol. The molecule has 0 radical (unpaired) electrons. The third-order valence-electron chi connectivity index (χ3n) is 3.74. The molecule has 0 amide bonds. The molecule has 0 aromatic heterocycles. The van der Waals surface area contributed by atoms with Gasteiger partial charge in [-0.3, -0.25) is 4.90 Å². The van der Waals surface area contributed by atoms with Crippen LogP contribution in [0.5, 0.6) is 0 Å². The van der Waals surface area contributed by atoms with Gasteiger partial charge in [0.25, 0.3) is 0 Å². The molecule has 0 unspecified atom stereocenters. The van der Waals surface area contributed by atoms with Gasteiger partial charge in [0, 0.05) is 23.7 Å². The topological polar surface area (TPSA) is 29.3 Å². The molecule has 0 atom stereocenters. The summed E-state index contributed by atoms with van der Waals surface area (Å²) in [5.41, 5.74) is 7.15. The molecule has 0 heterocycles. The molecule has 1 aromatic carbocycles. The zero-order chi connectivity index (χ0) is 12.3. The van der Waals surface area contributed by atoms with Crippen molar-refractivity contribution < 1.29 is 0 Å². The standard InChI is InChI=1S/C14H21ClN2/c1-17(13-8-6-12(16)7-9-13)10-11-4-2-3-5-14(11)15/h2-5,12-13H,6-10,16H2,1H3. The molecule has 1 aliphatic carbocycles. The number of hydrogen-bond donors (Lipinski definition) is 1. The van der Waals surface area contributed by atoms with Crippen LogP contribution < -0.4 is 5.73 Å². The van der Waals surface area contributed by atoms with E-state index in [1.54, 1.807) is 0 Å². The molecule has 94 valence electrons. The Bertz CT molecular complexity index is 359. The van der Waals surface area contributed by atoms with Gasteiger partial charge in [0.1, 0.15) is 0 Å². The van der Waals surface area contributed by atoms with Crippen molar-refractivity contribution in [3.8, 4) is 0 Å². The first kappa shape index (κ1) is 12.9. The summed E-state index contributed by atoms with van der Waals surface area (Å²) in [6.07, 6.45) is 4.72. The maximum atomic E-state index is 6.18. The third kappa shape index (κ3) is 3.44. The number of nitrogens with zero attached hydrogens (tertiary/aromatic N) is 1. The first-order chi connectivity index (χ1) is 8.16. The Morgan fingerprint density at radius 2 is 1.88 bits per heavy atom. The minimum Gasteiger partial charge on any atom is -0.328 e. The number of hydrogen-bond acceptors (Lipinski definition) is 2. The Kier molecular flexibility index (Phi) is 4.43. The SMILES string of the molecule is CN(Cc1ccccc1Cl)C1CCC(N)CC1. The highest BCUT2D eigenvalue weighted by atomic mass is 35.5. The lowest BCUT2D eigenvalue weighted by Crippen LogP contribution is -2.38. The normalized spacial score (nSPS) is 25.2. The molecule has 2 N–H and O–H groups in total. The van der Waals surface area contributed by atoms with Gasteiger partial charge in [-0.15, -0.1) is 0 Å². The summed E-state index contributed by atoms with van der Waals surface area (Å²) in [7, 11) is 2.19. The molecule has 2 nitrogen and oxygen atoms in total. The van der Waals surface area contributed by atoms with Crippen molar-refractivity contribution in [2.24, 2.45) is 5.73 Å². The van der Waals surface area contributed by atoms with E-state index in [0.717, 1.165) is 24.4 Å². The molecule has 0 bridgehead atoms. The average molecular weight is 253 g/mol. The Labute approximate surface area is 109 Å². The number of benzene rings is 1. The maximum Gasteiger partial charge on any atom is 0.0451 e. The summed E-state index contributed by atoms with van der Waals surface area (Å²) in [5, 5.41) is 0.867. The first-order valence-corrected chi connectivity index (χ1v) is 6.74. The van der Waals surface area contributed by atoms with Gasteiger partial charge in [0.15, 0.2) is 0 Å². The average Bonchev–Trinajstić information content (AvgIpc) is 2.33. The van der Waals surface area contributed by atoms with Crippen LogP contribution >= 0.6 is 11.6 Å². The van der Waals surface area contributed by atoms with Crippen LogP contribution in [0, 0.1) is 0 Å². The molecule has 1 aromatic rings. The zero-order valence-corrected chi connectivity index (χ0v) is 11.2. The molecule has 1 fully saturated rings. The highest BCUT2D eigenvalue weighted by Gasteiger charge is 2.22. The van der Waals surface area contributed by atoms with Crippen LogP contribution in [-0.2, 0) is 6.54 Å². The van der Waals surface area contributed by atoms with Crippen molar-refractivity contribution in [2.45, 2.75) is 44.3 Å². The molecule has 1 saturated carbocycles. The summed E-state index contributed by atoms with van der Waals surface area (Å²) < 4.78 is 0. The van der Waals surface area contributed by atoms with Crippen molar-refractivity contribution in [3.05, 3.63) is 34.9 Å². The lowest BCUT2D eigenvalue weighted by Gasteiger charge is -2.33. The molecule has 0 spiro atoms. The summed E-state index contributed by atoms with van der Waals surface area (Å²) in [5.74, 6) is 0. The van der Waals surface area contributed by atoms with E-state index in [1.165, 1.54) is 18.4 Å². The molecule has 17 heavy (non-hydrogen) atoms. The Balaban J connectivity index is 1.93. The van der Waals surface area contributed by atoms with Crippen molar-refractivity contribution >= 4 is 11.6 Å². The van der Waals surface area contributed by atoms with Gasteiger partial charge < -0.3 is 5.73 Å². The molecule has 1 aliphatic rings. The van der Waals surface area contributed by atoms with Crippen LogP contribution in [-0.4, -0.2) is 24.0 Å².